The Morgan fingerprint density at radius 1 is 1.23 bits per heavy atom. The Bertz CT molecular complexity index is 610. The fourth-order valence-electron chi connectivity index (χ4n) is 4.55. The number of carbonyl (C=O) groups is 1. The highest BCUT2D eigenvalue weighted by atomic mass is 35.5. The Morgan fingerprint density at radius 2 is 1.96 bits per heavy atom. The summed E-state index contributed by atoms with van der Waals surface area (Å²) in [5, 5.41) is 6.57. The molecule has 2 saturated heterocycles. The van der Waals surface area contributed by atoms with Crippen molar-refractivity contribution in [2.75, 3.05) is 31.1 Å². The van der Waals surface area contributed by atoms with Gasteiger partial charge in [0.25, 0.3) is 0 Å². The molecule has 0 radical (unpaired) electrons. The number of pyridine rings is 1. The van der Waals surface area contributed by atoms with Gasteiger partial charge in [-0.15, -0.1) is 12.4 Å². The number of hydrogen-bond acceptors (Lipinski definition) is 4. The zero-order valence-electron chi connectivity index (χ0n) is 15.5. The van der Waals surface area contributed by atoms with Crippen LogP contribution in [0.3, 0.4) is 0 Å². The minimum atomic E-state index is 0. The fourth-order valence-corrected chi connectivity index (χ4v) is 4.55. The van der Waals surface area contributed by atoms with Crippen molar-refractivity contribution in [1.29, 1.82) is 0 Å². The lowest BCUT2D eigenvalue weighted by molar-refractivity contribution is -0.123. The summed E-state index contributed by atoms with van der Waals surface area (Å²) in [6, 6.07) is 4.17. The van der Waals surface area contributed by atoms with Gasteiger partial charge in [-0.1, -0.05) is 12.8 Å². The van der Waals surface area contributed by atoms with Crippen molar-refractivity contribution in [3.63, 3.8) is 0 Å². The topological polar surface area (TPSA) is 57.3 Å². The molecule has 1 aromatic heterocycles. The van der Waals surface area contributed by atoms with E-state index in [1.54, 1.807) is 0 Å². The molecule has 3 heterocycles. The molecule has 1 saturated carbocycles. The maximum Gasteiger partial charge on any atom is 0.223 e. The van der Waals surface area contributed by atoms with Gasteiger partial charge in [0.05, 0.1) is 0 Å². The van der Waals surface area contributed by atoms with E-state index in [9.17, 15) is 4.79 Å². The van der Waals surface area contributed by atoms with Gasteiger partial charge in [-0.05, 0) is 68.3 Å². The number of rotatable bonds is 4. The third-order valence-corrected chi connectivity index (χ3v) is 6.31. The monoisotopic (exact) mass is 378 g/mol. The number of amides is 1. The number of halogens is 1. The SMILES string of the molecule is Cl.O=C(NCc1ccnc(N2CCCCCC2)c1)C1CC12CCNCC2. The molecular weight excluding hydrogens is 348 g/mol. The van der Waals surface area contributed by atoms with Crippen LogP contribution in [0, 0.1) is 11.3 Å². The van der Waals surface area contributed by atoms with Crippen molar-refractivity contribution >= 4 is 24.1 Å². The van der Waals surface area contributed by atoms with Gasteiger partial charge in [-0.25, -0.2) is 4.98 Å². The number of nitrogens with one attached hydrogen (secondary N) is 2. The predicted octanol–water partition coefficient (Wildman–Crippen LogP) is 2.89. The van der Waals surface area contributed by atoms with Crippen molar-refractivity contribution in [1.82, 2.24) is 15.6 Å². The number of anilines is 1. The maximum absolute atomic E-state index is 12.5. The van der Waals surface area contributed by atoms with Gasteiger partial charge in [0, 0.05) is 31.7 Å². The Labute approximate surface area is 162 Å². The molecular formula is C20H31ClN4O. The fraction of sp³-hybridized carbons (Fsp3) is 0.700. The quantitative estimate of drug-likeness (QED) is 0.845. The smallest absolute Gasteiger partial charge is 0.223 e. The maximum atomic E-state index is 12.5. The number of carbonyl (C=O) groups excluding carboxylic acids is 1. The Kier molecular flexibility index (Phi) is 6.41. The van der Waals surface area contributed by atoms with Gasteiger partial charge in [0.2, 0.25) is 5.91 Å². The molecule has 2 aliphatic heterocycles. The third-order valence-electron chi connectivity index (χ3n) is 6.31. The van der Waals surface area contributed by atoms with Gasteiger partial charge < -0.3 is 15.5 Å². The van der Waals surface area contributed by atoms with Crippen LogP contribution in [0.1, 0.15) is 50.5 Å². The van der Waals surface area contributed by atoms with E-state index in [1.165, 1.54) is 25.7 Å². The molecule has 0 bridgehead atoms. The molecule has 1 aromatic rings. The first-order valence-electron chi connectivity index (χ1n) is 9.95. The first-order valence-corrected chi connectivity index (χ1v) is 9.95. The van der Waals surface area contributed by atoms with Crippen LogP contribution in [0.4, 0.5) is 5.82 Å². The van der Waals surface area contributed by atoms with Crippen LogP contribution in [-0.2, 0) is 11.3 Å². The lowest BCUT2D eigenvalue weighted by Crippen LogP contribution is -2.33. The Morgan fingerprint density at radius 3 is 2.69 bits per heavy atom. The summed E-state index contributed by atoms with van der Waals surface area (Å²) in [4.78, 5) is 19.5. The first-order chi connectivity index (χ1) is 12.3. The normalized spacial score (nSPS) is 24.5. The van der Waals surface area contributed by atoms with Gasteiger partial charge in [-0.2, -0.15) is 0 Å². The lowest BCUT2D eigenvalue weighted by atomic mass is 9.92. The molecule has 1 atom stereocenters. The zero-order valence-corrected chi connectivity index (χ0v) is 16.3. The molecule has 2 N–H and O–H groups in total. The van der Waals surface area contributed by atoms with Gasteiger partial charge in [-0.3, -0.25) is 4.79 Å². The second kappa shape index (κ2) is 8.57. The number of aromatic nitrogens is 1. The Balaban J connectivity index is 0.00000196. The molecule has 6 heteroatoms. The number of nitrogens with zero attached hydrogens (tertiary/aromatic N) is 2. The highest BCUT2D eigenvalue weighted by Crippen LogP contribution is 2.58. The van der Waals surface area contributed by atoms with Crippen LogP contribution in [0.25, 0.3) is 0 Å². The van der Waals surface area contributed by atoms with E-state index in [-0.39, 0.29) is 24.2 Å². The van der Waals surface area contributed by atoms with Crippen molar-refractivity contribution in [2.24, 2.45) is 11.3 Å². The van der Waals surface area contributed by atoms with Crippen LogP contribution < -0.4 is 15.5 Å². The predicted molar refractivity (Wildman–Crippen MR) is 107 cm³/mol. The minimum Gasteiger partial charge on any atom is -0.357 e. The summed E-state index contributed by atoms with van der Waals surface area (Å²) in [6.45, 7) is 4.94. The molecule has 3 aliphatic rings. The summed E-state index contributed by atoms with van der Waals surface area (Å²) >= 11 is 0. The molecule has 1 aliphatic carbocycles. The molecule has 144 valence electrons. The molecule has 1 unspecified atom stereocenters. The van der Waals surface area contributed by atoms with E-state index >= 15 is 0 Å². The highest BCUT2D eigenvalue weighted by molar-refractivity contribution is 5.85. The van der Waals surface area contributed by atoms with Gasteiger partial charge in [0.1, 0.15) is 5.82 Å². The van der Waals surface area contributed by atoms with E-state index in [1.807, 2.05) is 12.3 Å². The summed E-state index contributed by atoms with van der Waals surface area (Å²) in [6.07, 6.45) is 10.4. The van der Waals surface area contributed by atoms with Crippen LogP contribution >= 0.6 is 12.4 Å². The van der Waals surface area contributed by atoms with E-state index < -0.39 is 0 Å². The molecule has 4 rings (SSSR count). The van der Waals surface area contributed by atoms with Crippen LogP contribution in [0.5, 0.6) is 0 Å². The van der Waals surface area contributed by atoms with Gasteiger partial charge in [0.15, 0.2) is 0 Å². The Hall–Kier alpha value is -1.33. The minimum absolute atomic E-state index is 0. The van der Waals surface area contributed by atoms with Crippen LogP contribution in [0.15, 0.2) is 18.3 Å². The molecule has 26 heavy (non-hydrogen) atoms. The summed E-state index contributed by atoms with van der Waals surface area (Å²) in [5.41, 5.74) is 1.47. The largest absolute Gasteiger partial charge is 0.357 e. The summed E-state index contributed by atoms with van der Waals surface area (Å²) < 4.78 is 0. The number of piperidine rings is 1. The standard InChI is InChI=1S/C20H30N4O.ClH/c25-19(17-14-20(17)6-9-21-10-7-20)23-15-16-5-8-22-18(13-16)24-11-3-1-2-4-12-24;/h5,8,13,17,21H,1-4,6-7,9-12,14-15H2,(H,23,25);1H. The molecule has 3 fully saturated rings. The summed E-state index contributed by atoms with van der Waals surface area (Å²) in [7, 11) is 0. The molecule has 5 nitrogen and oxygen atoms in total. The average molecular weight is 379 g/mol. The number of hydrogen-bond donors (Lipinski definition) is 2. The third kappa shape index (κ3) is 4.32. The molecule has 1 amide bonds. The molecule has 0 aromatic carbocycles. The average Bonchev–Trinajstić information content (AvgIpc) is 3.40. The second-order valence-electron chi connectivity index (χ2n) is 8.01. The van der Waals surface area contributed by atoms with E-state index in [2.05, 4.69) is 26.6 Å². The van der Waals surface area contributed by atoms with Gasteiger partial charge >= 0.3 is 0 Å². The van der Waals surface area contributed by atoms with E-state index in [0.29, 0.717) is 12.0 Å². The van der Waals surface area contributed by atoms with Crippen molar-refractivity contribution < 1.29 is 4.79 Å². The second-order valence-corrected chi connectivity index (χ2v) is 8.01. The van der Waals surface area contributed by atoms with Crippen LogP contribution in [-0.4, -0.2) is 37.1 Å². The van der Waals surface area contributed by atoms with Crippen LogP contribution in [0.2, 0.25) is 0 Å². The first kappa shape index (κ1) is 19.4. The van der Waals surface area contributed by atoms with Crippen molar-refractivity contribution in [3.05, 3.63) is 23.9 Å². The van der Waals surface area contributed by atoms with Crippen molar-refractivity contribution in [3.8, 4) is 0 Å². The van der Waals surface area contributed by atoms with Crippen molar-refractivity contribution in [2.45, 2.75) is 51.5 Å². The zero-order chi connectivity index (χ0) is 17.1. The highest BCUT2D eigenvalue weighted by Gasteiger charge is 2.57. The van der Waals surface area contributed by atoms with E-state index in [0.717, 1.165) is 56.8 Å². The molecule has 1 spiro atoms. The van der Waals surface area contributed by atoms with E-state index in [4.69, 9.17) is 0 Å². The lowest BCUT2D eigenvalue weighted by Gasteiger charge is -2.23. The summed E-state index contributed by atoms with van der Waals surface area (Å²) in [5.74, 6) is 1.55.